The molecule has 0 saturated carbocycles. The lowest BCUT2D eigenvalue weighted by Gasteiger charge is -2.03. The van der Waals surface area contributed by atoms with E-state index < -0.39 is 0 Å². The minimum absolute atomic E-state index is 0.193. The van der Waals surface area contributed by atoms with Gasteiger partial charge in [-0.25, -0.2) is 0 Å². The van der Waals surface area contributed by atoms with Crippen molar-refractivity contribution in [1.82, 2.24) is 9.88 Å². The summed E-state index contributed by atoms with van der Waals surface area (Å²) < 4.78 is 6.96. The topological polar surface area (TPSA) is 76.6 Å². The van der Waals surface area contributed by atoms with Crippen molar-refractivity contribution in [2.75, 3.05) is 6.54 Å². The fraction of sp³-hybridized carbons (Fsp3) is 0.211. The van der Waals surface area contributed by atoms with Gasteiger partial charge < -0.3 is 14.3 Å². The number of carbonyl (C=O) groups is 2. The van der Waals surface area contributed by atoms with E-state index in [-0.39, 0.29) is 24.0 Å². The molecule has 2 heterocycles. The SMILES string of the molecule is O=C(CCCNC(=O)c1ccco1)N=c1sccn1Cc1ccccc1. The first-order valence-electron chi connectivity index (χ1n) is 8.29. The quantitative estimate of drug-likeness (QED) is 0.651. The van der Waals surface area contributed by atoms with Gasteiger partial charge in [-0.15, -0.1) is 11.3 Å². The summed E-state index contributed by atoms with van der Waals surface area (Å²) in [6.45, 7) is 1.07. The Hall–Kier alpha value is -2.93. The van der Waals surface area contributed by atoms with Crippen LogP contribution < -0.4 is 10.1 Å². The second-order valence-corrected chi connectivity index (χ2v) is 6.51. The van der Waals surface area contributed by atoms with Gasteiger partial charge in [0.05, 0.1) is 6.26 Å². The first-order valence-corrected chi connectivity index (χ1v) is 9.17. The van der Waals surface area contributed by atoms with Crippen LogP contribution in [0, 0.1) is 0 Å². The summed E-state index contributed by atoms with van der Waals surface area (Å²) in [5.41, 5.74) is 1.15. The Kier molecular flexibility index (Phi) is 6.16. The number of aromatic nitrogens is 1. The lowest BCUT2D eigenvalue weighted by Crippen LogP contribution is -2.24. The maximum absolute atomic E-state index is 12.1. The third-order valence-corrected chi connectivity index (χ3v) is 4.47. The highest BCUT2D eigenvalue weighted by molar-refractivity contribution is 7.07. The van der Waals surface area contributed by atoms with E-state index in [2.05, 4.69) is 10.3 Å². The molecule has 0 fully saturated rings. The number of rotatable bonds is 7. The van der Waals surface area contributed by atoms with Gasteiger partial charge in [-0.05, 0) is 24.1 Å². The van der Waals surface area contributed by atoms with Crippen LogP contribution in [-0.4, -0.2) is 22.9 Å². The number of hydrogen-bond acceptors (Lipinski definition) is 4. The van der Waals surface area contributed by atoms with E-state index in [1.165, 1.54) is 17.6 Å². The number of furan rings is 1. The highest BCUT2D eigenvalue weighted by atomic mass is 32.1. The molecular formula is C19H19N3O3S. The van der Waals surface area contributed by atoms with E-state index in [1.54, 1.807) is 12.1 Å². The average molecular weight is 369 g/mol. The van der Waals surface area contributed by atoms with Gasteiger partial charge in [-0.2, -0.15) is 4.99 Å². The lowest BCUT2D eigenvalue weighted by molar-refractivity contribution is -0.118. The summed E-state index contributed by atoms with van der Waals surface area (Å²) in [6.07, 6.45) is 4.18. The predicted molar refractivity (Wildman–Crippen MR) is 98.7 cm³/mol. The number of amides is 2. The second kappa shape index (κ2) is 8.96. The normalized spacial score (nSPS) is 11.5. The highest BCUT2D eigenvalue weighted by Gasteiger charge is 2.08. The molecule has 0 atom stereocenters. The molecule has 0 bridgehead atoms. The van der Waals surface area contributed by atoms with E-state index in [4.69, 9.17) is 4.42 Å². The summed E-state index contributed by atoms with van der Waals surface area (Å²) in [4.78, 5) is 28.7. The minimum atomic E-state index is -0.279. The molecule has 0 unspecified atom stereocenters. The highest BCUT2D eigenvalue weighted by Crippen LogP contribution is 2.02. The number of benzene rings is 1. The summed E-state index contributed by atoms with van der Waals surface area (Å²) in [7, 11) is 0. The Bertz CT molecular complexity index is 911. The third-order valence-electron chi connectivity index (χ3n) is 3.67. The standard InChI is InChI=1S/C19H19N3O3S/c23-17(9-4-10-20-18(24)16-8-5-12-25-16)21-19-22(11-13-26-19)14-15-6-2-1-3-7-15/h1-3,5-8,11-13H,4,9-10,14H2,(H,20,24). The van der Waals surface area contributed by atoms with E-state index in [0.717, 1.165) is 5.56 Å². The van der Waals surface area contributed by atoms with Crippen molar-refractivity contribution in [3.63, 3.8) is 0 Å². The molecule has 0 aliphatic heterocycles. The Morgan fingerprint density at radius 2 is 2.00 bits per heavy atom. The summed E-state index contributed by atoms with van der Waals surface area (Å²) in [5, 5.41) is 4.63. The largest absolute Gasteiger partial charge is 0.459 e. The van der Waals surface area contributed by atoms with Crippen LogP contribution in [0.15, 0.2) is 69.7 Å². The zero-order valence-corrected chi connectivity index (χ0v) is 14.9. The zero-order chi connectivity index (χ0) is 18.2. The molecule has 3 rings (SSSR count). The Morgan fingerprint density at radius 1 is 1.15 bits per heavy atom. The van der Waals surface area contributed by atoms with Crippen molar-refractivity contribution in [3.8, 4) is 0 Å². The van der Waals surface area contributed by atoms with Crippen molar-refractivity contribution in [2.45, 2.75) is 19.4 Å². The Balaban J connectivity index is 1.50. The molecule has 1 aromatic carbocycles. The second-order valence-electron chi connectivity index (χ2n) is 5.64. The smallest absolute Gasteiger partial charge is 0.286 e. The maximum Gasteiger partial charge on any atom is 0.286 e. The zero-order valence-electron chi connectivity index (χ0n) is 14.1. The minimum Gasteiger partial charge on any atom is -0.459 e. The van der Waals surface area contributed by atoms with Crippen LogP contribution in [0.3, 0.4) is 0 Å². The lowest BCUT2D eigenvalue weighted by atomic mass is 10.2. The van der Waals surface area contributed by atoms with E-state index >= 15 is 0 Å². The average Bonchev–Trinajstić information content (AvgIpc) is 3.32. The monoisotopic (exact) mass is 369 g/mol. The number of carbonyl (C=O) groups excluding carboxylic acids is 2. The van der Waals surface area contributed by atoms with E-state index in [1.807, 2.05) is 46.5 Å². The van der Waals surface area contributed by atoms with Gasteiger partial charge in [0.2, 0.25) is 5.91 Å². The fourth-order valence-corrected chi connectivity index (χ4v) is 3.13. The summed E-state index contributed by atoms with van der Waals surface area (Å²) in [5.74, 6) is -0.207. The third kappa shape index (κ3) is 5.03. The molecule has 0 aliphatic carbocycles. The number of thiazole rings is 1. The molecule has 0 radical (unpaired) electrons. The van der Waals surface area contributed by atoms with E-state index in [0.29, 0.717) is 24.3 Å². The van der Waals surface area contributed by atoms with Gasteiger partial charge in [-0.1, -0.05) is 30.3 Å². The van der Waals surface area contributed by atoms with Gasteiger partial charge in [-0.3, -0.25) is 9.59 Å². The Labute approximate surface area is 154 Å². The molecule has 1 N–H and O–H groups in total. The van der Waals surface area contributed by atoms with Gasteiger partial charge in [0.25, 0.3) is 5.91 Å². The van der Waals surface area contributed by atoms with Gasteiger partial charge in [0, 0.05) is 31.1 Å². The molecule has 0 aliphatic rings. The number of nitrogens with zero attached hydrogens (tertiary/aromatic N) is 2. The maximum atomic E-state index is 12.1. The van der Waals surface area contributed by atoms with Crippen molar-refractivity contribution in [2.24, 2.45) is 4.99 Å². The van der Waals surface area contributed by atoms with Crippen molar-refractivity contribution in [1.29, 1.82) is 0 Å². The van der Waals surface area contributed by atoms with Crippen LogP contribution in [0.2, 0.25) is 0 Å². The van der Waals surface area contributed by atoms with Crippen molar-refractivity contribution in [3.05, 3.63) is 76.4 Å². The van der Waals surface area contributed by atoms with Crippen LogP contribution in [-0.2, 0) is 11.3 Å². The van der Waals surface area contributed by atoms with Gasteiger partial charge in [0.15, 0.2) is 10.6 Å². The van der Waals surface area contributed by atoms with Crippen molar-refractivity contribution < 1.29 is 14.0 Å². The van der Waals surface area contributed by atoms with Crippen LogP contribution >= 0.6 is 11.3 Å². The van der Waals surface area contributed by atoms with Gasteiger partial charge >= 0.3 is 0 Å². The Morgan fingerprint density at radius 3 is 2.77 bits per heavy atom. The molecule has 2 amide bonds. The molecule has 0 spiro atoms. The number of nitrogens with one attached hydrogen (secondary N) is 1. The molecular weight excluding hydrogens is 350 g/mol. The summed E-state index contributed by atoms with van der Waals surface area (Å²) in [6, 6.07) is 13.3. The van der Waals surface area contributed by atoms with E-state index in [9.17, 15) is 9.59 Å². The number of hydrogen-bond donors (Lipinski definition) is 1. The fourth-order valence-electron chi connectivity index (χ4n) is 2.39. The molecule has 134 valence electrons. The summed E-state index contributed by atoms with van der Waals surface area (Å²) >= 11 is 1.43. The van der Waals surface area contributed by atoms with Crippen LogP contribution in [0.4, 0.5) is 0 Å². The molecule has 2 aromatic heterocycles. The molecule has 6 nitrogen and oxygen atoms in total. The first kappa shape index (κ1) is 17.9. The molecule has 3 aromatic rings. The van der Waals surface area contributed by atoms with Crippen molar-refractivity contribution >= 4 is 23.2 Å². The molecule has 26 heavy (non-hydrogen) atoms. The van der Waals surface area contributed by atoms with Crippen LogP contribution in [0.1, 0.15) is 29.0 Å². The first-order chi connectivity index (χ1) is 12.7. The molecule has 0 saturated heterocycles. The van der Waals surface area contributed by atoms with Crippen LogP contribution in [0.25, 0.3) is 0 Å². The van der Waals surface area contributed by atoms with Crippen LogP contribution in [0.5, 0.6) is 0 Å². The van der Waals surface area contributed by atoms with Gasteiger partial charge in [0.1, 0.15) is 0 Å². The predicted octanol–water partition coefficient (Wildman–Crippen LogP) is 2.83. The molecule has 7 heteroatoms.